The molecule has 0 aliphatic rings. The van der Waals surface area contributed by atoms with Crippen LogP contribution in [-0.4, -0.2) is 30.1 Å². The highest BCUT2D eigenvalue weighted by Crippen LogP contribution is 2.29. The second-order valence-electron chi connectivity index (χ2n) is 4.00. The van der Waals surface area contributed by atoms with Crippen molar-refractivity contribution in [2.75, 3.05) is 7.11 Å². The van der Waals surface area contributed by atoms with Crippen molar-refractivity contribution in [3.8, 4) is 0 Å². The first-order valence-electron chi connectivity index (χ1n) is 5.61. The van der Waals surface area contributed by atoms with Gasteiger partial charge in [0.1, 0.15) is 0 Å². The molecule has 2 nitrogen and oxygen atoms in total. The zero-order valence-corrected chi connectivity index (χ0v) is 10.1. The third-order valence-corrected chi connectivity index (χ3v) is 3.15. The van der Waals surface area contributed by atoms with E-state index in [0.717, 1.165) is 0 Å². The third kappa shape index (κ3) is 4.70. The van der Waals surface area contributed by atoms with E-state index in [-0.39, 0.29) is 12.8 Å². The molecule has 5 heteroatoms. The molecule has 1 unspecified atom stereocenters. The molecule has 16 heavy (non-hydrogen) atoms. The van der Waals surface area contributed by atoms with Crippen LogP contribution < -0.4 is 0 Å². The highest BCUT2D eigenvalue weighted by Gasteiger charge is 2.35. The molecular formula is C11H21F3O2. The minimum atomic E-state index is -4.14. The van der Waals surface area contributed by atoms with Crippen LogP contribution in [0.25, 0.3) is 0 Å². The molecule has 0 fully saturated rings. The fraction of sp³-hybridized carbons (Fsp3) is 1.00. The average Bonchev–Trinajstić information content (AvgIpc) is 2.19. The van der Waals surface area contributed by atoms with Crippen molar-refractivity contribution in [3.05, 3.63) is 0 Å². The first kappa shape index (κ1) is 15.7. The van der Waals surface area contributed by atoms with E-state index in [9.17, 15) is 18.3 Å². The molecule has 0 aliphatic carbocycles. The Balaban J connectivity index is 4.17. The molecule has 1 atom stereocenters. The van der Waals surface area contributed by atoms with Gasteiger partial charge in [0.05, 0.1) is 11.7 Å². The number of halogens is 3. The molecule has 0 radical (unpaired) electrons. The maximum Gasteiger partial charge on any atom is 0.389 e. The lowest BCUT2D eigenvalue weighted by molar-refractivity contribution is -0.142. The predicted molar refractivity (Wildman–Crippen MR) is 56.2 cm³/mol. The van der Waals surface area contributed by atoms with Gasteiger partial charge in [-0.25, -0.2) is 0 Å². The summed E-state index contributed by atoms with van der Waals surface area (Å²) in [6.07, 6.45) is -4.59. The van der Waals surface area contributed by atoms with Gasteiger partial charge in [-0.3, -0.25) is 0 Å². The van der Waals surface area contributed by atoms with Crippen molar-refractivity contribution in [2.24, 2.45) is 0 Å². The molecule has 0 aromatic rings. The molecule has 1 N–H and O–H groups in total. The summed E-state index contributed by atoms with van der Waals surface area (Å²) in [5.41, 5.74) is -0.703. The van der Waals surface area contributed by atoms with Crippen molar-refractivity contribution in [1.82, 2.24) is 0 Å². The maximum atomic E-state index is 11.9. The van der Waals surface area contributed by atoms with Gasteiger partial charge in [0.2, 0.25) is 0 Å². The van der Waals surface area contributed by atoms with Crippen LogP contribution in [0.1, 0.15) is 46.0 Å². The number of aliphatic hydroxyl groups is 1. The summed E-state index contributed by atoms with van der Waals surface area (Å²) in [5.74, 6) is 0. The van der Waals surface area contributed by atoms with E-state index < -0.39 is 24.3 Å². The number of methoxy groups -OCH3 is 1. The van der Waals surface area contributed by atoms with Gasteiger partial charge in [0.15, 0.2) is 0 Å². The van der Waals surface area contributed by atoms with Crippen LogP contribution in [0.2, 0.25) is 0 Å². The normalized spacial score (nSPS) is 15.2. The van der Waals surface area contributed by atoms with Crippen molar-refractivity contribution in [2.45, 2.75) is 63.8 Å². The zero-order valence-electron chi connectivity index (χ0n) is 10.1. The minimum absolute atomic E-state index is 0.0597. The van der Waals surface area contributed by atoms with E-state index in [0.29, 0.717) is 12.8 Å². The quantitative estimate of drug-likeness (QED) is 0.742. The Labute approximate surface area is 94.8 Å². The summed E-state index contributed by atoms with van der Waals surface area (Å²) in [4.78, 5) is 0. The lowest BCUT2D eigenvalue weighted by Crippen LogP contribution is -2.43. The largest absolute Gasteiger partial charge is 0.390 e. The third-order valence-electron chi connectivity index (χ3n) is 3.15. The van der Waals surface area contributed by atoms with Gasteiger partial charge < -0.3 is 9.84 Å². The predicted octanol–water partition coefficient (Wildman–Crippen LogP) is 3.29. The topological polar surface area (TPSA) is 29.5 Å². The minimum Gasteiger partial charge on any atom is -0.390 e. The standard InChI is InChI=1S/C11H21F3O2/c1-4-10(5-2,16-3)9(15)7-6-8-11(12,13)14/h9,15H,4-8H2,1-3H3. The monoisotopic (exact) mass is 242 g/mol. The van der Waals surface area contributed by atoms with Crippen LogP contribution >= 0.6 is 0 Å². The van der Waals surface area contributed by atoms with Gasteiger partial charge in [0, 0.05) is 13.5 Å². The highest BCUT2D eigenvalue weighted by atomic mass is 19.4. The van der Waals surface area contributed by atoms with Gasteiger partial charge in [-0.05, 0) is 25.7 Å². The fourth-order valence-electron chi connectivity index (χ4n) is 1.90. The van der Waals surface area contributed by atoms with Crippen LogP contribution in [0, 0.1) is 0 Å². The Bertz CT molecular complexity index is 180. The Kier molecular flexibility index (Phi) is 6.33. The van der Waals surface area contributed by atoms with Crippen LogP contribution in [0.3, 0.4) is 0 Å². The van der Waals surface area contributed by atoms with Crippen LogP contribution in [0.15, 0.2) is 0 Å². The summed E-state index contributed by atoms with van der Waals surface area (Å²) in [6.45, 7) is 3.72. The van der Waals surface area contributed by atoms with Gasteiger partial charge in [0.25, 0.3) is 0 Å². The molecule has 0 heterocycles. The van der Waals surface area contributed by atoms with Crippen LogP contribution in [-0.2, 0) is 4.74 Å². The van der Waals surface area contributed by atoms with E-state index in [1.54, 1.807) is 0 Å². The molecule has 0 saturated carbocycles. The van der Waals surface area contributed by atoms with Gasteiger partial charge in [-0.1, -0.05) is 13.8 Å². The number of hydrogen-bond donors (Lipinski definition) is 1. The molecule has 98 valence electrons. The molecule has 0 aromatic carbocycles. The van der Waals surface area contributed by atoms with E-state index >= 15 is 0 Å². The highest BCUT2D eigenvalue weighted by molar-refractivity contribution is 4.85. The lowest BCUT2D eigenvalue weighted by Gasteiger charge is -2.35. The molecular weight excluding hydrogens is 221 g/mol. The second-order valence-corrected chi connectivity index (χ2v) is 4.00. The van der Waals surface area contributed by atoms with Crippen LogP contribution in [0.4, 0.5) is 13.2 Å². The lowest BCUT2D eigenvalue weighted by atomic mass is 9.87. The van der Waals surface area contributed by atoms with Crippen molar-refractivity contribution >= 4 is 0 Å². The van der Waals surface area contributed by atoms with Crippen molar-refractivity contribution in [1.29, 1.82) is 0 Å². The zero-order chi connectivity index (χ0) is 12.8. The molecule has 0 spiro atoms. The number of rotatable bonds is 7. The molecule has 0 aliphatic heterocycles. The molecule has 0 amide bonds. The molecule has 0 saturated heterocycles. The molecule has 0 bridgehead atoms. The summed E-state index contributed by atoms with van der Waals surface area (Å²) in [7, 11) is 1.49. The maximum absolute atomic E-state index is 11.9. The van der Waals surface area contributed by atoms with Crippen molar-refractivity contribution < 1.29 is 23.0 Å². The van der Waals surface area contributed by atoms with Crippen LogP contribution in [0.5, 0.6) is 0 Å². The van der Waals surface area contributed by atoms with E-state index in [1.165, 1.54) is 7.11 Å². The van der Waals surface area contributed by atoms with E-state index in [1.807, 2.05) is 13.8 Å². The second kappa shape index (κ2) is 6.45. The summed E-state index contributed by atoms with van der Waals surface area (Å²) >= 11 is 0. The molecule has 0 aromatic heterocycles. The van der Waals surface area contributed by atoms with Gasteiger partial charge in [-0.15, -0.1) is 0 Å². The molecule has 0 rings (SSSR count). The SMILES string of the molecule is CCC(CC)(OC)C(O)CCCC(F)(F)F. The van der Waals surface area contributed by atoms with Gasteiger partial charge in [-0.2, -0.15) is 13.2 Å². The van der Waals surface area contributed by atoms with Gasteiger partial charge >= 0.3 is 6.18 Å². The number of alkyl halides is 3. The first-order chi connectivity index (χ1) is 7.31. The van der Waals surface area contributed by atoms with Crippen molar-refractivity contribution in [3.63, 3.8) is 0 Å². The number of aliphatic hydroxyl groups excluding tert-OH is 1. The average molecular weight is 242 g/mol. The summed E-state index contributed by atoms with van der Waals surface area (Å²) in [5, 5.41) is 9.86. The Morgan fingerprint density at radius 1 is 1.19 bits per heavy atom. The summed E-state index contributed by atoms with van der Waals surface area (Å²) in [6, 6.07) is 0. The van der Waals surface area contributed by atoms with E-state index in [4.69, 9.17) is 4.74 Å². The Morgan fingerprint density at radius 2 is 1.69 bits per heavy atom. The smallest absolute Gasteiger partial charge is 0.389 e. The van der Waals surface area contributed by atoms with E-state index in [2.05, 4.69) is 0 Å². The Hall–Kier alpha value is -0.290. The summed E-state index contributed by atoms with van der Waals surface area (Å²) < 4.78 is 41.1. The number of ether oxygens (including phenoxy) is 1. The fourth-order valence-corrected chi connectivity index (χ4v) is 1.90. The first-order valence-corrected chi connectivity index (χ1v) is 5.61. The number of hydrogen-bond acceptors (Lipinski definition) is 2. The Morgan fingerprint density at radius 3 is 2.00 bits per heavy atom.